The molecule has 1 amide bonds. The van der Waals surface area contributed by atoms with Crippen LogP contribution < -0.4 is 15.0 Å². The fourth-order valence-corrected chi connectivity index (χ4v) is 2.92. The molecule has 5 nitrogen and oxygen atoms in total. The van der Waals surface area contributed by atoms with Crippen LogP contribution in [0.3, 0.4) is 0 Å². The van der Waals surface area contributed by atoms with E-state index in [2.05, 4.69) is 10.2 Å². The van der Waals surface area contributed by atoms with Gasteiger partial charge in [-0.15, -0.1) is 0 Å². The first kappa shape index (κ1) is 16.6. The van der Waals surface area contributed by atoms with Crippen LogP contribution in [0.5, 0.6) is 5.75 Å². The second kappa shape index (κ2) is 7.11. The first-order valence-corrected chi connectivity index (χ1v) is 8.13. The van der Waals surface area contributed by atoms with Gasteiger partial charge in [0.15, 0.2) is 0 Å². The van der Waals surface area contributed by atoms with Crippen LogP contribution in [0.15, 0.2) is 42.5 Å². The van der Waals surface area contributed by atoms with Gasteiger partial charge in [0.25, 0.3) is 5.91 Å². The summed E-state index contributed by atoms with van der Waals surface area (Å²) in [6.45, 7) is 1.67. The molecule has 24 heavy (non-hydrogen) atoms. The number of hydrogen-bond acceptors (Lipinski definition) is 4. The lowest BCUT2D eigenvalue weighted by atomic mass is 10.1. The lowest BCUT2D eigenvalue weighted by Gasteiger charge is -2.33. The minimum Gasteiger partial charge on any atom is -0.490 e. The lowest BCUT2D eigenvalue weighted by Crippen LogP contribution is -2.36. The fraction of sp³-hybridized carbons (Fsp3) is 0.278. The monoisotopic (exact) mass is 346 g/mol. The molecule has 0 bridgehead atoms. The van der Waals surface area contributed by atoms with Crippen LogP contribution in [-0.4, -0.2) is 37.8 Å². The van der Waals surface area contributed by atoms with E-state index in [1.807, 2.05) is 12.1 Å². The van der Waals surface area contributed by atoms with Crippen molar-refractivity contribution in [1.29, 1.82) is 0 Å². The van der Waals surface area contributed by atoms with Gasteiger partial charge >= 0.3 is 0 Å². The third kappa shape index (κ3) is 3.47. The summed E-state index contributed by atoms with van der Waals surface area (Å²) in [5.41, 5.74) is 2.21. The highest BCUT2D eigenvalue weighted by Gasteiger charge is 2.21. The first-order chi connectivity index (χ1) is 11.6. The van der Waals surface area contributed by atoms with Gasteiger partial charge in [-0.1, -0.05) is 23.7 Å². The van der Waals surface area contributed by atoms with E-state index in [4.69, 9.17) is 16.3 Å². The molecule has 0 saturated heterocycles. The number of ether oxygens (including phenoxy) is 1. The molecule has 3 rings (SSSR count). The molecular formula is C18H19ClN2O3. The first-order valence-electron chi connectivity index (χ1n) is 7.76. The highest BCUT2D eigenvalue weighted by molar-refractivity contribution is 6.30. The molecule has 2 N–H and O–H groups in total. The normalized spacial score (nSPS) is 14.5. The van der Waals surface area contributed by atoms with E-state index in [1.165, 1.54) is 0 Å². The van der Waals surface area contributed by atoms with Crippen LogP contribution in [0, 0.1) is 0 Å². The van der Waals surface area contributed by atoms with E-state index >= 15 is 0 Å². The summed E-state index contributed by atoms with van der Waals surface area (Å²) in [6, 6.07) is 12.4. The van der Waals surface area contributed by atoms with Crippen molar-refractivity contribution in [2.75, 3.05) is 31.6 Å². The molecule has 1 aliphatic rings. The number of aliphatic hydroxyl groups is 1. The Labute approximate surface area is 145 Å². The average molecular weight is 347 g/mol. The third-order valence-corrected chi connectivity index (χ3v) is 4.29. The number of fused-ring (bicyclic) bond motifs is 1. The summed E-state index contributed by atoms with van der Waals surface area (Å²) in [4.78, 5) is 13.6. The number of nitrogens with one attached hydrogen (secondary N) is 1. The van der Waals surface area contributed by atoms with Crippen molar-refractivity contribution in [1.82, 2.24) is 5.32 Å². The fourth-order valence-electron chi connectivity index (χ4n) is 2.75. The van der Waals surface area contributed by atoms with E-state index in [1.54, 1.807) is 37.4 Å². The number of benzene rings is 2. The molecule has 2 aromatic carbocycles. The van der Waals surface area contributed by atoms with Crippen LogP contribution in [0.4, 0.5) is 5.69 Å². The second-order valence-electron chi connectivity index (χ2n) is 5.62. The summed E-state index contributed by atoms with van der Waals surface area (Å²) in [5, 5.41) is 13.7. The molecule has 0 aromatic heterocycles. The minimum absolute atomic E-state index is 0.146. The van der Waals surface area contributed by atoms with Crippen molar-refractivity contribution in [3.05, 3.63) is 58.6 Å². The Bertz CT molecular complexity index is 734. The number of carbonyl (C=O) groups excluding carboxylic acids is 1. The van der Waals surface area contributed by atoms with E-state index in [9.17, 15) is 9.90 Å². The van der Waals surface area contributed by atoms with Crippen LogP contribution in [0.1, 0.15) is 22.0 Å². The van der Waals surface area contributed by atoms with Crippen molar-refractivity contribution < 1.29 is 14.6 Å². The third-order valence-electron chi connectivity index (χ3n) is 4.06. The number of β-amino-alcohol motifs (C(OH)–C–C–N with tert-alkyl or cyclic N) is 1. The maximum absolute atomic E-state index is 11.6. The Hall–Kier alpha value is -2.24. The Morgan fingerprint density at radius 3 is 2.79 bits per heavy atom. The molecule has 1 aliphatic heterocycles. The Kier molecular flexibility index (Phi) is 4.92. The van der Waals surface area contributed by atoms with E-state index in [0.717, 1.165) is 17.0 Å². The Morgan fingerprint density at radius 1 is 1.33 bits per heavy atom. The molecule has 6 heteroatoms. The molecule has 1 unspecified atom stereocenters. The molecule has 0 fully saturated rings. The zero-order valence-corrected chi connectivity index (χ0v) is 14.1. The molecule has 126 valence electrons. The zero-order chi connectivity index (χ0) is 17.1. The van der Waals surface area contributed by atoms with Gasteiger partial charge in [0.1, 0.15) is 12.4 Å². The summed E-state index contributed by atoms with van der Waals surface area (Å²) >= 11 is 6.07. The highest BCUT2D eigenvalue weighted by Crippen LogP contribution is 2.34. The van der Waals surface area contributed by atoms with Gasteiger partial charge in [-0.05, 0) is 35.9 Å². The van der Waals surface area contributed by atoms with Crippen molar-refractivity contribution in [2.45, 2.75) is 6.10 Å². The number of aliphatic hydroxyl groups excluding tert-OH is 1. The number of carbonyl (C=O) groups is 1. The van der Waals surface area contributed by atoms with Crippen LogP contribution >= 0.6 is 11.6 Å². The highest BCUT2D eigenvalue weighted by atomic mass is 35.5. The Balaban J connectivity index is 1.75. The van der Waals surface area contributed by atoms with Gasteiger partial charge in [-0.25, -0.2) is 0 Å². The molecule has 0 aliphatic carbocycles. The molecular weight excluding hydrogens is 328 g/mol. The van der Waals surface area contributed by atoms with E-state index in [-0.39, 0.29) is 5.91 Å². The number of rotatable bonds is 4. The van der Waals surface area contributed by atoms with Crippen molar-refractivity contribution in [2.24, 2.45) is 0 Å². The predicted octanol–water partition coefficient (Wildman–Crippen LogP) is 2.63. The standard InChI is InChI=1S/C18H19ClN2O3/c1-20-18(23)13-4-2-12(3-5-13)16(22)11-21-8-9-24-17-7-6-14(19)10-15(17)21/h2-7,10,16,22H,8-9,11H2,1H3,(H,20,23). The van der Waals surface area contributed by atoms with Gasteiger partial charge in [-0.3, -0.25) is 4.79 Å². The molecule has 2 aromatic rings. The molecule has 0 spiro atoms. The zero-order valence-electron chi connectivity index (χ0n) is 13.3. The van der Waals surface area contributed by atoms with Crippen LogP contribution in [-0.2, 0) is 0 Å². The summed E-state index contributed by atoms with van der Waals surface area (Å²) < 4.78 is 5.62. The molecule has 1 heterocycles. The van der Waals surface area contributed by atoms with Gasteiger partial charge < -0.3 is 20.1 Å². The quantitative estimate of drug-likeness (QED) is 0.893. The number of hydrogen-bond donors (Lipinski definition) is 2. The van der Waals surface area contributed by atoms with Crippen LogP contribution in [0.25, 0.3) is 0 Å². The summed E-state index contributed by atoms with van der Waals surface area (Å²) in [5.74, 6) is 0.626. The average Bonchev–Trinajstić information content (AvgIpc) is 2.61. The molecule has 0 radical (unpaired) electrons. The topological polar surface area (TPSA) is 61.8 Å². The van der Waals surface area contributed by atoms with Crippen molar-refractivity contribution in [3.8, 4) is 5.75 Å². The van der Waals surface area contributed by atoms with Gasteiger partial charge in [0, 0.05) is 24.2 Å². The maximum atomic E-state index is 11.6. The molecule has 0 saturated carbocycles. The van der Waals surface area contributed by atoms with Crippen molar-refractivity contribution >= 4 is 23.2 Å². The van der Waals surface area contributed by atoms with E-state index in [0.29, 0.717) is 30.3 Å². The lowest BCUT2D eigenvalue weighted by molar-refractivity contribution is 0.0963. The number of amides is 1. The van der Waals surface area contributed by atoms with E-state index < -0.39 is 6.10 Å². The Morgan fingerprint density at radius 2 is 2.08 bits per heavy atom. The number of nitrogens with zero attached hydrogens (tertiary/aromatic N) is 1. The van der Waals surface area contributed by atoms with Crippen LogP contribution in [0.2, 0.25) is 5.02 Å². The minimum atomic E-state index is -0.673. The number of halogens is 1. The largest absolute Gasteiger partial charge is 0.490 e. The van der Waals surface area contributed by atoms with Crippen molar-refractivity contribution in [3.63, 3.8) is 0 Å². The SMILES string of the molecule is CNC(=O)c1ccc(C(O)CN2CCOc3ccc(Cl)cc32)cc1. The molecule has 1 atom stereocenters. The maximum Gasteiger partial charge on any atom is 0.251 e. The summed E-state index contributed by atoms with van der Waals surface area (Å²) in [6.07, 6.45) is -0.673. The van der Waals surface area contributed by atoms with Gasteiger partial charge in [-0.2, -0.15) is 0 Å². The van der Waals surface area contributed by atoms with Gasteiger partial charge in [0.2, 0.25) is 0 Å². The van der Waals surface area contributed by atoms with Gasteiger partial charge in [0.05, 0.1) is 18.3 Å². The smallest absolute Gasteiger partial charge is 0.251 e. The summed E-state index contributed by atoms with van der Waals surface area (Å²) in [7, 11) is 1.59. The second-order valence-corrected chi connectivity index (χ2v) is 6.06. The predicted molar refractivity (Wildman–Crippen MR) is 94.0 cm³/mol. The number of anilines is 1.